The maximum Gasteiger partial charge on any atom is 0.295 e. The molecule has 0 aromatic heterocycles. The minimum absolute atomic E-state index is 0.00851. The normalized spacial score (nSPS) is 22.0. The van der Waals surface area contributed by atoms with Crippen molar-refractivity contribution in [3.8, 4) is 5.75 Å². The number of likely N-dealkylation sites (tertiary alicyclic amines) is 1. The minimum atomic E-state index is -3.85. The molecule has 0 radical (unpaired) electrons. The molecule has 0 saturated carbocycles. The Morgan fingerprint density at radius 1 is 0.952 bits per heavy atom. The number of benzene rings is 2. The summed E-state index contributed by atoms with van der Waals surface area (Å²) in [6, 6.07) is 12.1. The van der Waals surface area contributed by atoms with Gasteiger partial charge in [0.1, 0.15) is 11.5 Å². The predicted octanol–water partition coefficient (Wildman–Crippen LogP) is 2.25. The van der Waals surface area contributed by atoms with Crippen molar-refractivity contribution < 1.29 is 37.3 Å². The summed E-state index contributed by atoms with van der Waals surface area (Å²) in [4.78, 5) is 30.6. The third-order valence-corrected chi connectivity index (χ3v) is 9.63. The first-order valence-corrected chi connectivity index (χ1v) is 15.7. The molecule has 3 fully saturated rings. The number of ketones is 1. The average Bonchev–Trinajstić information content (AvgIpc) is 3.27. The number of carbonyl (C=O) groups is 2. The van der Waals surface area contributed by atoms with Crippen LogP contribution in [0.3, 0.4) is 0 Å². The average molecular weight is 600 g/mol. The number of aliphatic hydroxyl groups excluding tert-OH is 1. The molecule has 226 valence electrons. The van der Waals surface area contributed by atoms with Crippen molar-refractivity contribution in [2.45, 2.75) is 24.3 Å². The number of morpholine rings is 2. The van der Waals surface area contributed by atoms with E-state index in [0.29, 0.717) is 57.3 Å². The maximum absolute atomic E-state index is 13.5. The van der Waals surface area contributed by atoms with Gasteiger partial charge in [-0.25, -0.2) is 8.42 Å². The van der Waals surface area contributed by atoms with Gasteiger partial charge < -0.3 is 24.2 Å². The summed E-state index contributed by atoms with van der Waals surface area (Å²) in [5.74, 6) is -1.28. The largest absolute Gasteiger partial charge is 0.507 e. The van der Waals surface area contributed by atoms with Crippen LogP contribution >= 0.6 is 0 Å². The lowest BCUT2D eigenvalue weighted by Crippen LogP contribution is -2.40. The molecular weight excluding hydrogens is 562 g/mol. The highest BCUT2D eigenvalue weighted by atomic mass is 32.2. The number of hydrogen-bond acceptors (Lipinski definition) is 9. The smallest absolute Gasteiger partial charge is 0.295 e. The van der Waals surface area contributed by atoms with Gasteiger partial charge in [0.25, 0.3) is 11.7 Å². The van der Waals surface area contributed by atoms with E-state index >= 15 is 0 Å². The van der Waals surface area contributed by atoms with Crippen LogP contribution in [0.5, 0.6) is 5.75 Å². The topological polar surface area (TPSA) is 126 Å². The molecule has 3 saturated heterocycles. The van der Waals surface area contributed by atoms with Crippen molar-refractivity contribution in [2.75, 3.05) is 72.3 Å². The highest BCUT2D eigenvalue weighted by Gasteiger charge is 2.46. The number of nitrogens with zero attached hydrogens (tertiary/aromatic N) is 3. The summed E-state index contributed by atoms with van der Waals surface area (Å²) in [5, 5.41) is 11.5. The monoisotopic (exact) mass is 599 g/mol. The Hall–Kier alpha value is -3.29. The Labute approximate surface area is 246 Å². The van der Waals surface area contributed by atoms with E-state index in [1.54, 1.807) is 24.3 Å². The fourth-order valence-electron chi connectivity index (χ4n) is 5.56. The number of hydrogen-bond donors (Lipinski definition) is 1. The van der Waals surface area contributed by atoms with E-state index in [2.05, 4.69) is 4.90 Å². The molecule has 3 heterocycles. The van der Waals surface area contributed by atoms with Crippen LogP contribution in [0, 0.1) is 0 Å². The Morgan fingerprint density at radius 2 is 1.62 bits per heavy atom. The molecule has 1 N–H and O–H groups in total. The van der Waals surface area contributed by atoms with Crippen molar-refractivity contribution in [3.05, 3.63) is 65.2 Å². The van der Waals surface area contributed by atoms with E-state index in [1.165, 1.54) is 33.5 Å². The molecule has 2 aromatic rings. The number of carbonyl (C=O) groups excluding carboxylic acids is 2. The zero-order valence-corrected chi connectivity index (χ0v) is 24.6. The summed E-state index contributed by atoms with van der Waals surface area (Å²) < 4.78 is 44.2. The van der Waals surface area contributed by atoms with Crippen molar-refractivity contribution in [3.63, 3.8) is 0 Å². The molecule has 42 heavy (non-hydrogen) atoms. The van der Waals surface area contributed by atoms with E-state index in [-0.39, 0.29) is 29.1 Å². The lowest BCUT2D eigenvalue weighted by molar-refractivity contribution is -0.140. The zero-order valence-electron chi connectivity index (χ0n) is 23.7. The molecule has 1 amide bonds. The molecule has 12 heteroatoms. The van der Waals surface area contributed by atoms with Crippen LogP contribution < -0.4 is 4.74 Å². The van der Waals surface area contributed by atoms with Crippen molar-refractivity contribution >= 4 is 27.5 Å². The summed E-state index contributed by atoms with van der Waals surface area (Å²) in [5.41, 5.74) is 0.714. The molecule has 3 aliphatic heterocycles. The Bertz CT molecular complexity index is 1410. The van der Waals surface area contributed by atoms with Crippen LogP contribution in [-0.4, -0.2) is 112 Å². The number of amides is 1. The van der Waals surface area contributed by atoms with Gasteiger partial charge in [-0.15, -0.1) is 0 Å². The van der Waals surface area contributed by atoms with Crippen LogP contribution in [-0.2, 0) is 29.1 Å². The quantitative estimate of drug-likeness (QED) is 0.249. The standard InChI is InChI=1S/C30H37N3O8S/c1-2-41-24-9-7-22(8-10-24)27-26(29(35)30(36)33(27)12-4-11-31-13-17-39-18-14-31)28(34)23-5-3-6-25(21-23)42(37,38)32-15-19-40-20-16-32/h3,5-10,21,27,34H,2,4,11-20H2,1H3/t27-/m1/s1. The van der Waals surface area contributed by atoms with Gasteiger partial charge in [-0.05, 0) is 43.2 Å². The fourth-order valence-corrected chi connectivity index (χ4v) is 7.01. The van der Waals surface area contributed by atoms with Crippen LogP contribution in [0.1, 0.15) is 30.5 Å². The number of sulfonamides is 1. The molecule has 0 unspecified atom stereocenters. The van der Waals surface area contributed by atoms with Gasteiger partial charge in [0.05, 0.1) is 49.5 Å². The Morgan fingerprint density at radius 3 is 2.29 bits per heavy atom. The third-order valence-electron chi connectivity index (χ3n) is 7.74. The lowest BCUT2D eigenvalue weighted by Gasteiger charge is -2.29. The van der Waals surface area contributed by atoms with Gasteiger partial charge in [-0.3, -0.25) is 14.5 Å². The molecule has 5 rings (SSSR count). The number of Topliss-reactive ketones (excluding diaryl/α,β-unsaturated/α-hetero) is 1. The summed E-state index contributed by atoms with van der Waals surface area (Å²) in [6.45, 7) is 7.42. The molecule has 1 atom stereocenters. The van der Waals surface area contributed by atoms with Crippen molar-refractivity contribution in [1.82, 2.24) is 14.1 Å². The summed E-state index contributed by atoms with van der Waals surface area (Å²) in [7, 11) is -3.85. The lowest BCUT2D eigenvalue weighted by atomic mass is 9.95. The van der Waals surface area contributed by atoms with E-state index in [4.69, 9.17) is 14.2 Å². The fraction of sp³-hybridized carbons (Fsp3) is 0.467. The van der Waals surface area contributed by atoms with E-state index in [1.807, 2.05) is 6.92 Å². The van der Waals surface area contributed by atoms with Gasteiger partial charge in [0, 0.05) is 44.8 Å². The molecule has 0 bridgehead atoms. The Balaban J connectivity index is 1.49. The van der Waals surface area contributed by atoms with Crippen LogP contribution in [0.25, 0.3) is 5.76 Å². The SMILES string of the molecule is CCOc1ccc([C@@H]2C(=C(O)c3cccc(S(=O)(=O)N4CCOCC4)c3)C(=O)C(=O)N2CCCN2CCOCC2)cc1. The Kier molecular flexibility index (Phi) is 9.59. The zero-order chi connectivity index (χ0) is 29.7. The molecule has 0 spiro atoms. The number of ether oxygens (including phenoxy) is 3. The molecule has 11 nitrogen and oxygen atoms in total. The summed E-state index contributed by atoms with van der Waals surface area (Å²) in [6.07, 6.45) is 0.633. The van der Waals surface area contributed by atoms with Gasteiger partial charge >= 0.3 is 0 Å². The predicted molar refractivity (Wildman–Crippen MR) is 155 cm³/mol. The van der Waals surface area contributed by atoms with E-state index < -0.39 is 33.5 Å². The minimum Gasteiger partial charge on any atom is -0.507 e. The second-order valence-corrected chi connectivity index (χ2v) is 12.3. The second kappa shape index (κ2) is 13.3. The van der Waals surface area contributed by atoms with Crippen LogP contribution in [0.15, 0.2) is 59.0 Å². The van der Waals surface area contributed by atoms with Gasteiger partial charge in [0.2, 0.25) is 10.0 Å². The highest BCUT2D eigenvalue weighted by Crippen LogP contribution is 2.40. The van der Waals surface area contributed by atoms with E-state index in [9.17, 15) is 23.1 Å². The van der Waals surface area contributed by atoms with Gasteiger partial charge in [0.15, 0.2) is 0 Å². The first-order chi connectivity index (χ1) is 20.3. The van der Waals surface area contributed by atoms with Gasteiger partial charge in [-0.2, -0.15) is 4.31 Å². The molecule has 3 aliphatic rings. The molecule has 2 aromatic carbocycles. The second-order valence-electron chi connectivity index (χ2n) is 10.3. The van der Waals surface area contributed by atoms with Crippen LogP contribution in [0.2, 0.25) is 0 Å². The van der Waals surface area contributed by atoms with E-state index in [0.717, 1.165) is 19.6 Å². The molecule has 0 aliphatic carbocycles. The first kappa shape index (κ1) is 30.2. The van der Waals surface area contributed by atoms with Crippen LogP contribution in [0.4, 0.5) is 0 Å². The molecular formula is C30H37N3O8S. The van der Waals surface area contributed by atoms with Crippen molar-refractivity contribution in [1.29, 1.82) is 0 Å². The summed E-state index contributed by atoms with van der Waals surface area (Å²) >= 11 is 0. The third kappa shape index (κ3) is 6.37. The van der Waals surface area contributed by atoms with Crippen molar-refractivity contribution in [2.24, 2.45) is 0 Å². The number of aliphatic hydroxyl groups is 1. The first-order valence-electron chi connectivity index (χ1n) is 14.3. The number of rotatable bonds is 10. The maximum atomic E-state index is 13.5. The highest BCUT2D eigenvalue weighted by molar-refractivity contribution is 7.89. The van der Waals surface area contributed by atoms with Gasteiger partial charge in [-0.1, -0.05) is 24.3 Å².